The number of nitrogens with one attached hydrogen (secondary N) is 3. The molecule has 1 atom stereocenters. The Morgan fingerprint density at radius 1 is 1.20 bits per heavy atom. The molecular weight excluding hydrogens is 519 g/mol. The molecular formula is C20H29IN4O4S. The van der Waals surface area contributed by atoms with E-state index < -0.39 is 10.0 Å². The van der Waals surface area contributed by atoms with E-state index in [4.69, 9.17) is 9.15 Å². The van der Waals surface area contributed by atoms with Gasteiger partial charge in [0, 0.05) is 39.7 Å². The summed E-state index contributed by atoms with van der Waals surface area (Å²) in [6, 6.07) is 10.6. The molecule has 10 heteroatoms. The second-order valence-corrected chi connectivity index (χ2v) is 8.58. The number of furan rings is 1. The summed E-state index contributed by atoms with van der Waals surface area (Å²) in [5.41, 5.74) is 0.956. The van der Waals surface area contributed by atoms with Crippen LogP contribution in [-0.4, -0.2) is 47.2 Å². The lowest BCUT2D eigenvalue weighted by atomic mass is 10.2. The van der Waals surface area contributed by atoms with Crippen LogP contribution >= 0.6 is 24.0 Å². The number of halogens is 1. The first-order valence-electron chi connectivity index (χ1n) is 9.74. The van der Waals surface area contributed by atoms with Crippen molar-refractivity contribution in [2.24, 2.45) is 4.99 Å². The third kappa shape index (κ3) is 7.56. The standard InChI is InChI=1S/C20H28N4O4S.HI/c1-21-20(22-11-10-17-4-2-12-27-17)23-14-16-6-8-19(9-7-16)29(25,26)24-15-18-5-3-13-28-18;/h2,4,6-9,12,18,24H,3,5,10-11,13-15H2,1H3,(H2,21,22,23);1H. The first-order valence-corrected chi connectivity index (χ1v) is 11.2. The molecule has 30 heavy (non-hydrogen) atoms. The molecule has 1 aromatic heterocycles. The van der Waals surface area contributed by atoms with E-state index in [1.165, 1.54) is 0 Å². The van der Waals surface area contributed by atoms with Gasteiger partial charge in [0.1, 0.15) is 5.76 Å². The number of guanidine groups is 1. The van der Waals surface area contributed by atoms with Crippen LogP contribution in [0.2, 0.25) is 0 Å². The average molecular weight is 548 g/mol. The quantitative estimate of drug-likeness (QED) is 0.252. The third-order valence-electron chi connectivity index (χ3n) is 4.69. The van der Waals surface area contributed by atoms with Crippen molar-refractivity contribution in [3.63, 3.8) is 0 Å². The summed E-state index contributed by atoms with van der Waals surface area (Å²) >= 11 is 0. The van der Waals surface area contributed by atoms with Gasteiger partial charge in [0.05, 0.1) is 17.3 Å². The van der Waals surface area contributed by atoms with Crippen LogP contribution in [0.5, 0.6) is 0 Å². The van der Waals surface area contributed by atoms with Gasteiger partial charge < -0.3 is 19.8 Å². The van der Waals surface area contributed by atoms with Gasteiger partial charge >= 0.3 is 0 Å². The maximum Gasteiger partial charge on any atom is 0.240 e. The number of aliphatic imine (C=N–C) groups is 1. The second kappa shape index (κ2) is 12.3. The Morgan fingerprint density at radius 2 is 2.00 bits per heavy atom. The van der Waals surface area contributed by atoms with Gasteiger partial charge in [-0.05, 0) is 42.7 Å². The molecule has 1 aromatic carbocycles. The van der Waals surface area contributed by atoms with Crippen LogP contribution in [0.1, 0.15) is 24.2 Å². The van der Waals surface area contributed by atoms with E-state index in [1.807, 2.05) is 12.1 Å². The Kier molecular flexibility index (Phi) is 10.1. The highest BCUT2D eigenvalue weighted by Crippen LogP contribution is 2.14. The zero-order valence-corrected chi connectivity index (χ0v) is 20.1. The van der Waals surface area contributed by atoms with Gasteiger partial charge in [0.25, 0.3) is 0 Å². The van der Waals surface area contributed by atoms with Crippen molar-refractivity contribution in [3.05, 3.63) is 54.0 Å². The second-order valence-electron chi connectivity index (χ2n) is 6.81. The van der Waals surface area contributed by atoms with Gasteiger partial charge in [0.15, 0.2) is 5.96 Å². The molecule has 2 heterocycles. The molecule has 3 rings (SSSR count). The summed E-state index contributed by atoms with van der Waals surface area (Å²) in [4.78, 5) is 4.44. The highest BCUT2D eigenvalue weighted by molar-refractivity contribution is 14.0. The predicted molar refractivity (Wildman–Crippen MR) is 127 cm³/mol. The molecule has 1 unspecified atom stereocenters. The van der Waals surface area contributed by atoms with E-state index in [0.717, 1.165) is 30.6 Å². The third-order valence-corrected chi connectivity index (χ3v) is 6.13. The van der Waals surface area contributed by atoms with Crippen molar-refractivity contribution in [2.75, 3.05) is 26.7 Å². The van der Waals surface area contributed by atoms with E-state index in [-0.39, 0.29) is 35.0 Å². The Labute approximate surface area is 194 Å². The molecule has 1 fully saturated rings. The largest absolute Gasteiger partial charge is 0.469 e. The summed E-state index contributed by atoms with van der Waals surface area (Å²) in [7, 11) is -1.82. The summed E-state index contributed by atoms with van der Waals surface area (Å²) in [6.45, 7) is 2.24. The molecule has 1 saturated heterocycles. The lowest BCUT2D eigenvalue weighted by molar-refractivity contribution is 0.114. The van der Waals surface area contributed by atoms with Gasteiger partial charge in [-0.2, -0.15) is 0 Å². The molecule has 1 aliphatic heterocycles. The summed E-state index contributed by atoms with van der Waals surface area (Å²) in [5, 5.41) is 6.43. The molecule has 0 radical (unpaired) electrons. The number of nitrogens with zero attached hydrogens (tertiary/aromatic N) is 1. The Morgan fingerprint density at radius 3 is 2.63 bits per heavy atom. The SMILES string of the molecule is CN=C(NCCc1ccco1)NCc1ccc(S(=O)(=O)NCC2CCCO2)cc1.I. The minimum atomic E-state index is -3.53. The summed E-state index contributed by atoms with van der Waals surface area (Å²) in [5.74, 6) is 1.59. The zero-order chi connectivity index (χ0) is 20.5. The van der Waals surface area contributed by atoms with Crippen LogP contribution in [0.25, 0.3) is 0 Å². The van der Waals surface area contributed by atoms with Crippen molar-refractivity contribution < 1.29 is 17.6 Å². The molecule has 0 bridgehead atoms. The van der Waals surface area contributed by atoms with E-state index in [9.17, 15) is 8.42 Å². The zero-order valence-electron chi connectivity index (χ0n) is 17.0. The molecule has 8 nitrogen and oxygen atoms in total. The number of hydrogen-bond donors (Lipinski definition) is 3. The maximum atomic E-state index is 12.4. The van der Waals surface area contributed by atoms with Crippen molar-refractivity contribution in [3.8, 4) is 0 Å². The van der Waals surface area contributed by atoms with Crippen LogP contribution in [0.3, 0.4) is 0 Å². The van der Waals surface area contributed by atoms with Crippen LogP contribution in [0.4, 0.5) is 0 Å². The monoisotopic (exact) mass is 548 g/mol. The van der Waals surface area contributed by atoms with E-state index in [1.54, 1.807) is 37.6 Å². The highest BCUT2D eigenvalue weighted by atomic mass is 127. The first kappa shape index (κ1) is 24.6. The Hall–Kier alpha value is -1.63. The van der Waals surface area contributed by atoms with Gasteiger partial charge in [0.2, 0.25) is 10.0 Å². The number of rotatable bonds is 9. The maximum absolute atomic E-state index is 12.4. The lowest BCUT2D eigenvalue weighted by Crippen LogP contribution is -2.37. The molecule has 0 amide bonds. The summed E-state index contributed by atoms with van der Waals surface area (Å²) in [6.07, 6.45) is 4.27. The van der Waals surface area contributed by atoms with Crippen molar-refractivity contribution in [1.82, 2.24) is 15.4 Å². The Bertz CT molecular complexity index is 880. The molecule has 1 aliphatic rings. The fraction of sp³-hybridized carbons (Fsp3) is 0.450. The van der Waals surface area contributed by atoms with Crippen LogP contribution < -0.4 is 15.4 Å². The Balaban J connectivity index is 0.00000320. The van der Waals surface area contributed by atoms with Gasteiger partial charge in [-0.1, -0.05) is 12.1 Å². The van der Waals surface area contributed by atoms with Crippen LogP contribution in [-0.2, 0) is 27.7 Å². The van der Waals surface area contributed by atoms with E-state index in [0.29, 0.717) is 32.2 Å². The fourth-order valence-electron chi connectivity index (χ4n) is 3.04. The molecule has 0 saturated carbocycles. The van der Waals surface area contributed by atoms with Gasteiger partial charge in [-0.3, -0.25) is 4.99 Å². The van der Waals surface area contributed by atoms with Crippen molar-refractivity contribution >= 4 is 40.0 Å². The van der Waals surface area contributed by atoms with Crippen LogP contribution in [0, 0.1) is 0 Å². The topological polar surface area (TPSA) is 105 Å². The molecule has 3 N–H and O–H groups in total. The normalized spacial score (nSPS) is 16.8. The van der Waals surface area contributed by atoms with E-state index >= 15 is 0 Å². The average Bonchev–Trinajstić information content (AvgIpc) is 3.43. The predicted octanol–water partition coefficient (Wildman–Crippen LogP) is 2.26. The first-order chi connectivity index (χ1) is 14.1. The molecule has 166 valence electrons. The number of hydrogen-bond acceptors (Lipinski definition) is 5. The number of sulfonamides is 1. The minimum Gasteiger partial charge on any atom is -0.469 e. The minimum absolute atomic E-state index is 0. The van der Waals surface area contributed by atoms with E-state index in [2.05, 4.69) is 20.3 Å². The molecule has 2 aromatic rings. The van der Waals surface area contributed by atoms with Gasteiger partial charge in [-0.15, -0.1) is 24.0 Å². The number of benzene rings is 1. The van der Waals surface area contributed by atoms with Crippen molar-refractivity contribution in [1.29, 1.82) is 0 Å². The van der Waals surface area contributed by atoms with Crippen LogP contribution in [0.15, 0.2) is 57.0 Å². The smallest absolute Gasteiger partial charge is 0.240 e. The summed E-state index contributed by atoms with van der Waals surface area (Å²) < 4.78 is 38.2. The molecule has 0 spiro atoms. The lowest BCUT2D eigenvalue weighted by Gasteiger charge is -2.13. The number of ether oxygens (including phenoxy) is 1. The molecule has 0 aliphatic carbocycles. The highest BCUT2D eigenvalue weighted by Gasteiger charge is 2.20. The fourth-order valence-corrected chi connectivity index (χ4v) is 4.11. The van der Waals surface area contributed by atoms with Crippen molar-refractivity contribution in [2.45, 2.75) is 36.8 Å². The van der Waals surface area contributed by atoms with Gasteiger partial charge in [-0.25, -0.2) is 13.1 Å².